The average Bonchev–Trinajstić information content (AvgIpc) is 2.71. The molecule has 0 aromatic heterocycles. The van der Waals surface area contributed by atoms with Gasteiger partial charge in [-0.05, 0) is 97.6 Å². The molecule has 0 saturated heterocycles. The fourth-order valence-electron chi connectivity index (χ4n) is 5.20. The molecular weight excluding hydrogens is 383 g/mol. The summed E-state index contributed by atoms with van der Waals surface area (Å²) in [6.07, 6.45) is 5.71. The predicted molar refractivity (Wildman–Crippen MR) is 102 cm³/mol. The van der Waals surface area contributed by atoms with Gasteiger partial charge in [0, 0.05) is 5.56 Å². The second-order valence-electron chi connectivity index (χ2n) is 8.59. The summed E-state index contributed by atoms with van der Waals surface area (Å²) in [5, 5.41) is 0. The van der Waals surface area contributed by atoms with Crippen LogP contribution in [0.1, 0.15) is 79.5 Å². The Morgan fingerprint density at radius 2 is 1.41 bits per heavy atom. The lowest BCUT2D eigenvalue weighted by Gasteiger charge is -2.29. The van der Waals surface area contributed by atoms with E-state index in [1.807, 2.05) is 0 Å². The molecule has 2 aliphatic carbocycles. The highest BCUT2D eigenvalue weighted by Gasteiger charge is 2.30. The van der Waals surface area contributed by atoms with Crippen molar-refractivity contribution in [3.05, 3.63) is 69.5 Å². The summed E-state index contributed by atoms with van der Waals surface area (Å²) in [5.41, 5.74) is 1.09. The van der Waals surface area contributed by atoms with Gasteiger partial charge in [0.1, 0.15) is 11.6 Å². The van der Waals surface area contributed by atoms with Crippen LogP contribution in [0.2, 0.25) is 0 Å². The zero-order valence-corrected chi connectivity index (χ0v) is 16.5. The third-order valence-electron chi connectivity index (χ3n) is 6.97. The lowest BCUT2D eigenvalue weighted by molar-refractivity contribution is 0.317. The van der Waals surface area contributed by atoms with Gasteiger partial charge in [-0.25, -0.2) is 22.0 Å². The van der Waals surface area contributed by atoms with Crippen molar-refractivity contribution in [3.8, 4) is 0 Å². The summed E-state index contributed by atoms with van der Waals surface area (Å²) in [4.78, 5) is 0. The van der Waals surface area contributed by atoms with Crippen molar-refractivity contribution in [1.29, 1.82) is 0 Å². The van der Waals surface area contributed by atoms with Crippen LogP contribution in [0.4, 0.5) is 22.0 Å². The molecule has 5 heteroatoms. The Morgan fingerprint density at radius 3 is 2.03 bits per heavy atom. The van der Waals surface area contributed by atoms with E-state index >= 15 is 0 Å². The molecule has 0 bridgehead atoms. The van der Waals surface area contributed by atoms with Gasteiger partial charge in [0.05, 0.1) is 0 Å². The largest absolute Gasteiger partial charge is 0.207 e. The first-order valence-electron chi connectivity index (χ1n) is 10.5. The highest BCUT2D eigenvalue weighted by Crippen LogP contribution is 2.41. The maximum Gasteiger partial charge on any atom is 0.194 e. The molecule has 2 aromatic carbocycles. The summed E-state index contributed by atoms with van der Waals surface area (Å²) in [6, 6.07) is 3.84. The van der Waals surface area contributed by atoms with Crippen molar-refractivity contribution in [2.24, 2.45) is 5.92 Å². The topological polar surface area (TPSA) is 0 Å². The summed E-state index contributed by atoms with van der Waals surface area (Å²) >= 11 is 0. The molecule has 0 N–H and O–H groups in total. The number of hydrogen-bond donors (Lipinski definition) is 0. The second-order valence-corrected chi connectivity index (χ2v) is 8.59. The van der Waals surface area contributed by atoms with E-state index in [1.165, 1.54) is 12.1 Å². The second kappa shape index (κ2) is 8.08. The van der Waals surface area contributed by atoms with Crippen LogP contribution < -0.4 is 0 Å². The number of fused-ring (bicyclic) bond motifs is 1. The SMILES string of the molecule is CCC1CCC(c2cc(F)c(C3CCc4c(cc(F)c(F)c4F)C3)c(F)c2)CC1. The lowest BCUT2D eigenvalue weighted by atomic mass is 9.76. The summed E-state index contributed by atoms with van der Waals surface area (Å²) in [6.45, 7) is 2.17. The van der Waals surface area contributed by atoms with Gasteiger partial charge in [-0.1, -0.05) is 13.3 Å². The van der Waals surface area contributed by atoms with Crippen molar-refractivity contribution >= 4 is 0 Å². The van der Waals surface area contributed by atoms with Crippen LogP contribution in [0.5, 0.6) is 0 Å². The van der Waals surface area contributed by atoms with E-state index in [-0.39, 0.29) is 29.9 Å². The average molecular weight is 408 g/mol. The van der Waals surface area contributed by atoms with E-state index in [1.54, 1.807) is 0 Å². The highest BCUT2D eigenvalue weighted by molar-refractivity contribution is 5.38. The first-order chi connectivity index (χ1) is 13.9. The molecule has 0 spiro atoms. The molecule has 4 rings (SSSR count). The molecule has 156 valence electrons. The molecule has 0 nitrogen and oxygen atoms in total. The smallest absolute Gasteiger partial charge is 0.194 e. The summed E-state index contributed by atoms with van der Waals surface area (Å²) in [5.74, 6) is -4.75. The zero-order valence-electron chi connectivity index (χ0n) is 16.5. The molecule has 0 amide bonds. The van der Waals surface area contributed by atoms with Gasteiger partial charge in [0.15, 0.2) is 17.5 Å². The van der Waals surface area contributed by atoms with Crippen molar-refractivity contribution < 1.29 is 22.0 Å². The molecule has 1 unspecified atom stereocenters. The Morgan fingerprint density at radius 1 is 0.759 bits per heavy atom. The minimum absolute atomic E-state index is 0.0215. The molecular formula is C24H25F5. The zero-order chi connectivity index (χ0) is 20.7. The van der Waals surface area contributed by atoms with Crippen LogP contribution in [0.3, 0.4) is 0 Å². The van der Waals surface area contributed by atoms with Crippen LogP contribution >= 0.6 is 0 Å². The first-order valence-corrected chi connectivity index (χ1v) is 10.5. The Kier molecular flexibility index (Phi) is 5.67. The number of hydrogen-bond acceptors (Lipinski definition) is 0. The maximum atomic E-state index is 14.9. The van der Waals surface area contributed by atoms with Gasteiger partial charge in [0.25, 0.3) is 0 Å². The highest BCUT2D eigenvalue weighted by atomic mass is 19.2. The van der Waals surface area contributed by atoms with E-state index in [2.05, 4.69) is 6.92 Å². The Hall–Kier alpha value is -1.91. The molecule has 0 radical (unpaired) electrons. The monoisotopic (exact) mass is 408 g/mol. The summed E-state index contributed by atoms with van der Waals surface area (Å²) < 4.78 is 70.9. The van der Waals surface area contributed by atoms with Gasteiger partial charge in [-0.2, -0.15) is 0 Å². The Balaban J connectivity index is 1.58. The van der Waals surface area contributed by atoms with Crippen molar-refractivity contribution in [1.82, 2.24) is 0 Å². The fraction of sp³-hybridized carbons (Fsp3) is 0.500. The van der Waals surface area contributed by atoms with E-state index in [0.717, 1.165) is 38.2 Å². The van der Waals surface area contributed by atoms with Gasteiger partial charge >= 0.3 is 0 Å². The fourth-order valence-corrected chi connectivity index (χ4v) is 5.20. The molecule has 0 heterocycles. The van der Waals surface area contributed by atoms with Crippen LogP contribution in [0, 0.1) is 35.0 Å². The van der Waals surface area contributed by atoms with E-state index in [0.29, 0.717) is 23.5 Å². The molecule has 1 atom stereocenters. The van der Waals surface area contributed by atoms with Crippen LogP contribution in [0.15, 0.2) is 18.2 Å². The lowest BCUT2D eigenvalue weighted by Crippen LogP contribution is -2.19. The Bertz CT molecular complexity index is 889. The molecule has 29 heavy (non-hydrogen) atoms. The molecule has 1 saturated carbocycles. The van der Waals surface area contributed by atoms with Crippen molar-refractivity contribution in [3.63, 3.8) is 0 Å². The van der Waals surface area contributed by atoms with Gasteiger partial charge < -0.3 is 0 Å². The van der Waals surface area contributed by atoms with Crippen molar-refractivity contribution in [2.45, 2.75) is 70.1 Å². The van der Waals surface area contributed by atoms with Crippen LogP contribution in [-0.4, -0.2) is 0 Å². The maximum absolute atomic E-state index is 14.9. The number of rotatable bonds is 3. The molecule has 2 aliphatic rings. The number of benzene rings is 2. The third kappa shape index (κ3) is 3.80. The third-order valence-corrected chi connectivity index (χ3v) is 6.97. The van der Waals surface area contributed by atoms with Crippen LogP contribution in [-0.2, 0) is 12.8 Å². The normalized spacial score (nSPS) is 24.4. The predicted octanol–water partition coefficient (Wildman–Crippen LogP) is 7.34. The van der Waals surface area contributed by atoms with E-state index < -0.39 is 35.0 Å². The van der Waals surface area contributed by atoms with Crippen LogP contribution in [0.25, 0.3) is 0 Å². The van der Waals surface area contributed by atoms with Gasteiger partial charge in [-0.3, -0.25) is 0 Å². The standard InChI is InChI=1S/C24H25F5/c1-2-13-3-5-14(6-4-13)16-10-19(25)22(20(26)11-16)15-7-8-18-17(9-15)12-21(27)24(29)23(18)28/h10-15H,2-9H2,1H3. The Labute approximate surface area is 168 Å². The van der Waals surface area contributed by atoms with Crippen molar-refractivity contribution in [2.75, 3.05) is 0 Å². The molecule has 1 fully saturated rings. The van der Waals surface area contributed by atoms with E-state index in [9.17, 15) is 22.0 Å². The minimum atomic E-state index is -1.48. The summed E-state index contributed by atoms with van der Waals surface area (Å²) in [7, 11) is 0. The first kappa shape index (κ1) is 20.4. The molecule has 2 aromatic rings. The van der Waals surface area contributed by atoms with E-state index in [4.69, 9.17) is 0 Å². The van der Waals surface area contributed by atoms with Gasteiger partial charge in [-0.15, -0.1) is 0 Å². The number of halogens is 5. The van der Waals surface area contributed by atoms with Gasteiger partial charge in [0.2, 0.25) is 0 Å². The molecule has 0 aliphatic heterocycles. The minimum Gasteiger partial charge on any atom is -0.207 e. The quantitative estimate of drug-likeness (QED) is 0.368.